The number of nitrogens with one attached hydrogen (secondary N) is 1. The van der Waals surface area contributed by atoms with Crippen molar-refractivity contribution < 1.29 is 0 Å². The number of aromatic nitrogens is 4. The van der Waals surface area contributed by atoms with Gasteiger partial charge in [-0.05, 0) is 36.1 Å². The average molecular weight is 315 g/mol. The zero-order chi connectivity index (χ0) is 16.4. The van der Waals surface area contributed by atoms with Crippen LogP contribution in [0.25, 0.3) is 22.3 Å². The second-order valence-corrected chi connectivity index (χ2v) is 5.68. The van der Waals surface area contributed by atoms with Crippen LogP contribution >= 0.6 is 0 Å². The van der Waals surface area contributed by atoms with E-state index >= 15 is 0 Å². The van der Waals surface area contributed by atoms with Gasteiger partial charge in [-0.3, -0.25) is 0 Å². The average Bonchev–Trinajstić information content (AvgIpc) is 3.05. The van der Waals surface area contributed by atoms with E-state index < -0.39 is 0 Å². The van der Waals surface area contributed by atoms with Crippen molar-refractivity contribution in [2.75, 3.05) is 5.73 Å². The molecule has 0 aliphatic carbocycles. The number of nitrogen functional groups attached to an aromatic ring is 1. The number of aryl methyl sites for hydroxylation is 2. The van der Waals surface area contributed by atoms with Crippen LogP contribution in [-0.4, -0.2) is 19.9 Å². The third-order valence-corrected chi connectivity index (χ3v) is 4.14. The van der Waals surface area contributed by atoms with Crippen molar-refractivity contribution in [1.82, 2.24) is 19.9 Å². The van der Waals surface area contributed by atoms with Crippen LogP contribution in [0.1, 0.15) is 11.1 Å². The van der Waals surface area contributed by atoms with Gasteiger partial charge < -0.3 is 10.7 Å². The molecule has 3 aromatic heterocycles. The molecule has 0 aliphatic rings. The van der Waals surface area contributed by atoms with Crippen LogP contribution < -0.4 is 5.73 Å². The first-order valence-electron chi connectivity index (χ1n) is 7.89. The number of aromatic amines is 1. The smallest absolute Gasteiger partial charge is 0.220 e. The maximum atomic E-state index is 5.73. The monoisotopic (exact) mass is 315 g/mol. The quantitative estimate of drug-likeness (QED) is 0.605. The van der Waals surface area contributed by atoms with Gasteiger partial charge in [-0.25, -0.2) is 15.0 Å². The number of H-pyrrole nitrogens is 1. The highest BCUT2D eigenvalue weighted by Gasteiger charge is 2.12. The minimum Gasteiger partial charge on any atom is -0.368 e. The molecule has 0 fully saturated rings. The molecule has 24 heavy (non-hydrogen) atoms. The molecule has 5 nitrogen and oxygen atoms in total. The Kier molecular flexibility index (Phi) is 3.67. The topological polar surface area (TPSA) is 80.5 Å². The maximum Gasteiger partial charge on any atom is 0.220 e. The minimum absolute atomic E-state index is 0.275. The fourth-order valence-electron chi connectivity index (χ4n) is 2.98. The van der Waals surface area contributed by atoms with Crippen LogP contribution in [0.3, 0.4) is 0 Å². The molecular formula is C19H17N5. The second-order valence-electron chi connectivity index (χ2n) is 5.68. The summed E-state index contributed by atoms with van der Waals surface area (Å²) in [4.78, 5) is 16.0. The summed E-state index contributed by atoms with van der Waals surface area (Å²) in [7, 11) is 0. The molecule has 3 heterocycles. The number of nitrogens with two attached hydrogens (primary N) is 1. The van der Waals surface area contributed by atoms with Gasteiger partial charge in [0.1, 0.15) is 5.65 Å². The summed E-state index contributed by atoms with van der Waals surface area (Å²) in [6.07, 6.45) is 7.38. The van der Waals surface area contributed by atoms with Gasteiger partial charge >= 0.3 is 0 Å². The van der Waals surface area contributed by atoms with E-state index in [0.717, 1.165) is 35.1 Å². The van der Waals surface area contributed by atoms with Gasteiger partial charge in [0.15, 0.2) is 0 Å². The van der Waals surface area contributed by atoms with Gasteiger partial charge in [-0.2, -0.15) is 0 Å². The van der Waals surface area contributed by atoms with Gasteiger partial charge in [-0.15, -0.1) is 0 Å². The van der Waals surface area contributed by atoms with Crippen LogP contribution in [-0.2, 0) is 12.8 Å². The Morgan fingerprint density at radius 3 is 2.58 bits per heavy atom. The third-order valence-electron chi connectivity index (χ3n) is 4.14. The molecule has 0 spiro atoms. The molecule has 5 heteroatoms. The van der Waals surface area contributed by atoms with Gasteiger partial charge in [0.25, 0.3) is 0 Å². The predicted molar refractivity (Wildman–Crippen MR) is 95.4 cm³/mol. The summed E-state index contributed by atoms with van der Waals surface area (Å²) in [5.74, 6) is 0.275. The summed E-state index contributed by atoms with van der Waals surface area (Å²) in [6.45, 7) is 0. The highest BCUT2D eigenvalue weighted by atomic mass is 15.0. The number of fused-ring (bicyclic) bond motifs is 1. The third kappa shape index (κ3) is 2.72. The number of benzene rings is 1. The van der Waals surface area contributed by atoms with Crippen LogP contribution in [0.5, 0.6) is 0 Å². The summed E-state index contributed by atoms with van der Waals surface area (Å²) in [5.41, 5.74) is 11.0. The number of anilines is 1. The Morgan fingerprint density at radius 2 is 1.75 bits per heavy atom. The molecule has 1 aromatic carbocycles. The van der Waals surface area contributed by atoms with E-state index in [1.807, 2.05) is 24.5 Å². The Balaban J connectivity index is 1.74. The molecule has 0 saturated heterocycles. The summed E-state index contributed by atoms with van der Waals surface area (Å²) in [6, 6.07) is 14.4. The van der Waals surface area contributed by atoms with Crippen molar-refractivity contribution in [3.05, 3.63) is 72.2 Å². The first-order chi connectivity index (χ1) is 11.8. The molecule has 0 aliphatic heterocycles. The maximum absolute atomic E-state index is 5.73. The summed E-state index contributed by atoms with van der Waals surface area (Å²) in [5, 5.41) is 1.10. The van der Waals surface area contributed by atoms with Gasteiger partial charge in [0.2, 0.25) is 5.95 Å². The molecule has 0 amide bonds. The Labute approximate surface area is 139 Å². The molecular weight excluding hydrogens is 298 g/mol. The fourth-order valence-corrected chi connectivity index (χ4v) is 2.98. The predicted octanol–water partition coefficient (Wildman–Crippen LogP) is 3.39. The second kappa shape index (κ2) is 6.12. The van der Waals surface area contributed by atoms with Crippen molar-refractivity contribution in [3.8, 4) is 11.3 Å². The van der Waals surface area contributed by atoms with E-state index in [-0.39, 0.29) is 5.95 Å². The molecule has 4 aromatic rings. The lowest BCUT2D eigenvalue weighted by Gasteiger charge is -2.06. The van der Waals surface area contributed by atoms with Crippen molar-refractivity contribution in [3.63, 3.8) is 0 Å². The summed E-state index contributed by atoms with van der Waals surface area (Å²) >= 11 is 0. The van der Waals surface area contributed by atoms with E-state index in [1.54, 1.807) is 6.20 Å². The molecule has 0 unspecified atom stereocenters. The van der Waals surface area contributed by atoms with Gasteiger partial charge in [0.05, 0.1) is 5.69 Å². The standard InChI is InChI=1S/C19H17N5/c20-19-22-11-9-16(24-19)15-12-23-18-17(15)14(8-10-21-18)7-6-13-4-2-1-3-5-13/h1-5,8-12H,6-7H2,(H,21,23)(H2,20,22,24). The Morgan fingerprint density at radius 1 is 0.917 bits per heavy atom. The van der Waals surface area contributed by atoms with Crippen molar-refractivity contribution in [2.24, 2.45) is 0 Å². The Hall–Kier alpha value is -3.21. The SMILES string of the molecule is Nc1nccc(-c2c[nH]c3nccc(CCc4ccccc4)c23)n1. The van der Waals surface area contributed by atoms with E-state index in [2.05, 4.69) is 50.3 Å². The van der Waals surface area contributed by atoms with Crippen molar-refractivity contribution in [1.29, 1.82) is 0 Å². The zero-order valence-electron chi connectivity index (χ0n) is 13.1. The molecule has 118 valence electrons. The lowest BCUT2D eigenvalue weighted by Crippen LogP contribution is -1.96. The fraction of sp³-hybridized carbons (Fsp3) is 0.105. The van der Waals surface area contributed by atoms with Gasteiger partial charge in [-0.1, -0.05) is 30.3 Å². The van der Waals surface area contributed by atoms with Crippen LogP contribution in [0, 0.1) is 0 Å². The van der Waals surface area contributed by atoms with Crippen LogP contribution in [0.15, 0.2) is 61.1 Å². The molecule has 0 atom stereocenters. The van der Waals surface area contributed by atoms with Crippen molar-refractivity contribution >= 4 is 17.0 Å². The number of hydrogen-bond donors (Lipinski definition) is 2. The summed E-state index contributed by atoms with van der Waals surface area (Å²) < 4.78 is 0. The Bertz CT molecular complexity index is 975. The zero-order valence-corrected chi connectivity index (χ0v) is 13.1. The molecule has 0 bridgehead atoms. The molecule has 0 saturated carbocycles. The first kappa shape index (κ1) is 14.4. The molecule has 3 N–H and O–H groups in total. The van der Waals surface area contributed by atoms with E-state index in [9.17, 15) is 0 Å². The number of nitrogens with zero attached hydrogens (tertiary/aromatic N) is 3. The normalized spacial score (nSPS) is 11.0. The lowest BCUT2D eigenvalue weighted by atomic mass is 10.00. The van der Waals surface area contributed by atoms with Gasteiger partial charge in [0, 0.05) is 29.5 Å². The lowest BCUT2D eigenvalue weighted by molar-refractivity contribution is 0.967. The van der Waals surface area contributed by atoms with Crippen LogP contribution in [0.2, 0.25) is 0 Å². The molecule has 4 rings (SSSR count). The van der Waals surface area contributed by atoms with E-state index in [0.29, 0.717) is 0 Å². The van der Waals surface area contributed by atoms with Crippen LogP contribution in [0.4, 0.5) is 5.95 Å². The molecule has 0 radical (unpaired) electrons. The minimum atomic E-state index is 0.275. The van der Waals surface area contributed by atoms with Crippen molar-refractivity contribution in [2.45, 2.75) is 12.8 Å². The first-order valence-corrected chi connectivity index (χ1v) is 7.89. The van der Waals surface area contributed by atoms with E-state index in [1.165, 1.54) is 11.1 Å². The largest absolute Gasteiger partial charge is 0.368 e. The number of rotatable bonds is 4. The number of pyridine rings is 1. The highest BCUT2D eigenvalue weighted by Crippen LogP contribution is 2.29. The van der Waals surface area contributed by atoms with E-state index in [4.69, 9.17) is 5.73 Å². The number of hydrogen-bond acceptors (Lipinski definition) is 4. The highest BCUT2D eigenvalue weighted by molar-refractivity contribution is 5.95.